The van der Waals surface area contributed by atoms with Gasteiger partial charge >= 0.3 is 0 Å². The Kier molecular flexibility index (Phi) is 2.60. The van der Waals surface area contributed by atoms with Gasteiger partial charge in [0.15, 0.2) is 0 Å². The van der Waals surface area contributed by atoms with Crippen molar-refractivity contribution in [2.24, 2.45) is 0 Å². The first kappa shape index (κ1) is 9.09. The normalized spacial score (nSPS) is 22.5. The lowest BCUT2D eigenvalue weighted by molar-refractivity contribution is 0.193. The number of ether oxygens (including phenoxy) is 1. The second-order valence-electron chi connectivity index (χ2n) is 3.22. The van der Waals surface area contributed by atoms with E-state index in [1.54, 1.807) is 11.8 Å². The lowest BCUT2D eigenvalue weighted by Crippen LogP contribution is -1.99. The van der Waals surface area contributed by atoms with Gasteiger partial charge in [0, 0.05) is 12.5 Å². The fraction of sp³-hybridized carbons (Fsp3) is 0.667. The van der Waals surface area contributed by atoms with E-state index in [9.17, 15) is 0 Å². The summed E-state index contributed by atoms with van der Waals surface area (Å²) >= 11 is 1.70. The van der Waals surface area contributed by atoms with Crippen LogP contribution in [-0.4, -0.2) is 24.6 Å². The molecule has 4 heteroatoms. The molecule has 0 amide bonds. The predicted molar refractivity (Wildman–Crippen MR) is 51.2 cm³/mol. The Balaban J connectivity index is 2.27. The van der Waals surface area contributed by atoms with E-state index >= 15 is 0 Å². The summed E-state index contributed by atoms with van der Waals surface area (Å²) in [6.07, 6.45) is 3.12. The average molecular weight is 199 g/mol. The number of rotatable bonds is 2. The quantitative estimate of drug-likeness (QED) is 0.684. The molecule has 1 aromatic heterocycles. The molecular formula is C9H13NO2S. The van der Waals surface area contributed by atoms with Gasteiger partial charge in [0.2, 0.25) is 0 Å². The van der Waals surface area contributed by atoms with E-state index in [2.05, 4.69) is 11.4 Å². The first-order chi connectivity index (χ1) is 6.33. The van der Waals surface area contributed by atoms with Crippen LogP contribution < -0.4 is 0 Å². The standard InChI is InChI=1S/C9H13NO2S/c1-6-9(13-2)8(10-12-6)7-3-4-11-5-7/h7H,3-5H2,1-2H3. The topological polar surface area (TPSA) is 35.3 Å². The average Bonchev–Trinajstić information content (AvgIpc) is 2.71. The summed E-state index contributed by atoms with van der Waals surface area (Å²) in [4.78, 5) is 1.19. The molecule has 2 rings (SSSR count). The molecule has 0 aliphatic carbocycles. The fourth-order valence-electron chi connectivity index (χ4n) is 1.64. The Morgan fingerprint density at radius 2 is 2.38 bits per heavy atom. The molecule has 1 aliphatic rings. The van der Waals surface area contributed by atoms with Gasteiger partial charge in [-0.05, 0) is 19.6 Å². The van der Waals surface area contributed by atoms with E-state index in [-0.39, 0.29) is 0 Å². The second-order valence-corrected chi connectivity index (χ2v) is 4.03. The molecule has 0 aromatic carbocycles. The maximum Gasteiger partial charge on any atom is 0.147 e. The fourth-order valence-corrected chi connectivity index (χ4v) is 2.38. The lowest BCUT2D eigenvalue weighted by atomic mass is 10.1. The molecule has 13 heavy (non-hydrogen) atoms. The maximum atomic E-state index is 5.33. The Hall–Kier alpha value is -0.480. The number of hydrogen-bond donors (Lipinski definition) is 0. The van der Waals surface area contributed by atoms with Crippen LogP contribution in [0.2, 0.25) is 0 Å². The molecule has 3 nitrogen and oxygen atoms in total. The minimum Gasteiger partial charge on any atom is -0.381 e. The molecule has 0 radical (unpaired) electrons. The van der Waals surface area contributed by atoms with Crippen molar-refractivity contribution in [3.8, 4) is 0 Å². The van der Waals surface area contributed by atoms with Gasteiger partial charge in [-0.25, -0.2) is 0 Å². The van der Waals surface area contributed by atoms with Gasteiger partial charge in [0.25, 0.3) is 0 Å². The third-order valence-corrected chi connectivity index (χ3v) is 3.26. The number of aryl methyl sites for hydroxylation is 1. The summed E-state index contributed by atoms with van der Waals surface area (Å²) in [7, 11) is 0. The van der Waals surface area contributed by atoms with E-state index in [1.807, 2.05) is 6.92 Å². The third kappa shape index (κ3) is 1.60. The maximum absolute atomic E-state index is 5.33. The summed E-state index contributed by atoms with van der Waals surface area (Å²) in [6, 6.07) is 0. The van der Waals surface area contributed by atoms with Crippen molar-refractivity contribution in [1.82, 2.24) is 5.16 Å². The van der Waals surface area contributed by atoms with E-state index in [4.69, 9.17) is 9.26 Å². The highest BCUT2D eigenvalue weighted by atomic mass is 32.2. The van der Waals surface area contributed by atoms with Crippen molar-refractivity contribution in [3.05, 3.63) is 11.5 Å². The SMILES string of the molecule is CSc1c(C2CCOC2)noc1C. The van der Waals surface area contributed by atoms with Crippen molar-refractivity contribution in [3.63, 3.8) is 0 Å². The van der Waals surface area contributed by atoms with Gasteiger partial charge in [-0.15, -0.1) is 11.8 Å². The predicted octanol–water partition coefficient (Wildman–Crippen LogP) is 2.21. The second kappa shape index (κ2) is 3.72. The number of hydrogen-bond acceptors (Lipinski definition) is 4. The minimum atomic E-state index is 0.444. The van der Waals surface area contributed by atoms with Crippen LogP contribution in [0.15, 0.2) is 9.42 Å². The summed E-state index contributed by atoms with van der Waals surface area (Å²) in [6.45, 7) is 3.60. The zero-order valence-electron chi connectivity index (χ0n) is 7.87. The van der Waals surface area contributed by atoms with Gasteiger partial charge < -0.3 is 9.26 Å². The summed E-state index contributed by atoms with van der Waals surface area (Å²) in [5, 5.41) is 4.09. The zero-order chi connectivity index (χ0) is 9.26. The van der Waals surface area contributed by atoms with Gasteiger partial charge in [-0.2, -0.15) is 0 Å². The molecule has 1 saturated heterocycles. The molecular weight excluding hydrogens is 186 g/mol. The van der Waals surface area contributed by atoms with Gasteiger partial charge in [-0.1, -0.05) is 5.16 Å². The molecule has 1 atom stereocenters. The van der Waals surface area contributed by atoms with Crippen LogP contribution in [0.3, 0.4) is 0 Å². The minimum absolute atomic E-state index is 0.444. The molecule has 0 saturated carbocycles. The van der Waals surface area contributed by atoms with E-state index in [0.717, 1.165) is 31.1 Å². The first-order valence-electron chi connectivity index (χ1n) is 4.41. The lowest BCUT2D eigenvalue weighted by Gasteiger charge is -2.03. The van der Waals surface area contributed by atoms with Crippen LogP contribution >= 0.6 is 11.8 Å². The number of nitrogens with zero attached hydrogens (tertiary/aromatic N) is 1. The Morgan fingerprint density at radius 3 is 3.00 bits per heavy atom. The summed E-state index contributed by atoms with van der Waals surface area (Å²) < 4.78 is 10.5. The van der Waals surface area contributed by atoms with Crippen molar-refractivity contribution < 1.29 is 9.26 Å². The smallest absolute Gasteiger partial charge is 0.147 e. The van der Waals surface area contributed by atoms with Gasteiger partial charge in [0.05, 0.1) is 11.5 Å². The molecule has 0 spiro atoms. The van der Waals surface area contributed by atoms with Crippen LogP contribution in [0.5, 0.6) is 0 Å². The van der Waals surface area contributed by atoms with Crippen LogP contribution in [0.4, 0.5) is 0 Å². The van der Waals surface area contributed by atoms with Crippen LogP contribution in [-0.2, 0) is 4.74 Å². The van der Waals surface area contributed by atoms with Crippen LogP contribution in [0.1, 0.15) is 23.8 Å². The Bertz CT molecular complexity index is 292. The molecule has 2 heterocycles. The first-order valence-corrected chi connectivity index (χ1v) is 5.63. The Morgan fingerprint density at radius 1 is 1.54 bits per heavy atom. The van der Waals surface area contributed by atoms with Crippen molar-refractivity contribution in [2.75, 3.05) is 19.5 Å². The van der Waals surface area contributed by atoms with Gasteiger partial charge in [0.1, 0.15) is 11.5 Å². The molecule has 0 bridgehead atoms. The molecule has 72 valence electrons. The highest BCUT2D eigenvalue weighted by Crippen LogP contribution is 2.33. The van der Waals surface area contributed by atoms with Gasteiger partial charge in [-0.3, -0.25) is 0 Å². The van der Waals surface area contributed by atoms with Crippen LogP contribution in [0, 0.1) is 6.92 Å². The summed E-state index contributed by atoms with van der Waals surface area (Å²) in [5.41, 5.74) is 1.09. The molecule has 1 aliphatic heterocycles. The van der Waals surface area contributed by atoms with E-state index in [0.29, 0.717) is 5.92 Å². The van der Waals surface area contributed by atoms with Crippen molar-refractivity contribution in [2.45, 2.75) is 24.2 Å². The van der Waals surface area contributed by atoms with E-state index in [1.165, 1.54) is 4.90 Å². The highest BCUT2D eigenvalue weighted by Gasteiger charge is 2.25. The summed E-state index contributed by atoms with van der Waals surface area (Å²) in [5.74, 6) is 1.37. The Labute approximate surface area is 81.8 Å². The highest BCUT2D eigenvalue weighted by molar-refractivity contribution is 7.98. The van der Waals surface area contributed by atoms with Crippen molar-refractivity contribution in [1.29, 1.82) is 0 Å². The largest absolute Gasteiger partial charge is 0.381 e. The molecule has 1 unspecified atom stereocenters. The number of thioether (sulfide) groups is 1. The molecule has 0 N–H and O–H groups in total. The number of aromatic nitrogens is 1. The third-order valence-electron chi connectivity index (χ3n) is 2.35. The monoisotopic (exact) mass is 199 g/mol. The molecule has 1 fully saturated rings. The molecule has 1 aromatic rings. The zero-order valence-corrected chi connectivity index (χ0v) is 8.69. The van der Waals surface area contributed by atoms with Crippen LogP contribution in [0.25, 0.3) is 0 Å². The van der Waals surface area contributed by atoms with Crippen molar-refractivity contribution >= 4 is 11.8 Å². The van der Waals surface area contributed by atoms with E-state index < -0.39 is 0 Å².